The molecule has 0 spiro atoms. The van der Waals surface area contributed by atoms with Gasteiger partial charge in [-0.05, 0) is 36.4 Å². The molecule has 3 nitrogen and oxygen atoms in total. The van der Waals surface area contributed by atoms with Crippen LogP contribution < -0.4 is 4.90 Å². The van der Waals surface area contributed by atoms with Gasteiger partial charge in [0.2, 0.25) is 0 Å². The van der Waals surface area contributed by atoms with Gasteiger partial charge in [0.15, 0.2) is 0 Å². The maximum Gasteiger partial charge on any atom is 0.259 e. The van der Waals surface area contributed by atoms with Crippen molar-refractivity contribution in [3.8, 4) is 5.75 Å². The van der Waals surface area contributed by atoms with Crippen LogP contribution in [0.3, 0.4) is 0 Å². The van der Waals surface area contributed by atoms with E-state index in [1.165, 1.54) is 35.2 Å². The van der Waals surface area contributed by atoms with Crippen LogP contribution >= 0.6 is 11.6 Å². The Morgan fingerprint density at radius 3 is 2.47 bits per heavy atom. The predicted octanol–water partition coefficient (Wildman–Crippen LogP) is 3.46. The van der Waals surface area contributed by atoms with Gasteiger partial charge in [0.1, 0.15) is 11.6 Å². The average molecular weight is 280 g/mol. The summed E-state index contributed by atoms with van der Waals surface area (Å²) in [6, 6.07) is 10.2. The van der Waals surface area contributed by atoms with E-state index in [1.54, 1.807) is 19.2 Å². The van der Waals surface area contributed by atoms with Gasteiger partial charge in [0, 0.05) is 12.7 Å². The smallest absolute Gasteiger partial charge is 0.259 e. The number of hydrogen-bond acceptors (Lipinski definition) is 2. The third-order valence-electron chi connectivity index (χ3n) is 2.72. The monoisotopic (exact) mass is 279 g/mol. The van der Waals surface area contributed by atoms with Gasteiger partial charge in [0.05, 0.1) is 10.6 Å². The molecule has 0 fully saturated rings. The Labute approximate surface area is 114 Å². The number of aromatic hydroxyl groups is 1. The molecule has 98 valence electrons. The average Bonchev–Trinajstić information content (AvgIpc) is 2.41. The number of carbonyl (C=O) groups excluding carboxylic acids is 1. The SMILES string of the molecule is CN(C(=O)c1cccc(F)c1Cl)c1ccc(O)cc1. The Morgan fingerprint density at radius 2 is 1.84 bits per heavy atom. The molecule has 0 saturated carbocycles. The summed E-state index contributed by atoms with van der Waals surface area (Å²) in [5.41, 5.74) is 0.667. The minimum absolute atomic E-state index is 0.0947. The Hall–Kier alpha value is -2.07. The maximum absolute atomic E-state index is 13.3. The number of carbonyl (C=O) groups is 1. The molecular weight excluding hydrogens is 269 g/mol. The van der Waals surface area contributed by atoms with Gasteiger partial charge in [0.25, 0.3) is 5.91 Å². The van der Waals surface area contributed by atoms with Gasteiger partial charge >= 0.3 is 0 Å². The van der Waals surface area contributed by atoms with Crippen LogP contribution in [0.2, 0.25) is 5.02 Å². The number of anilines is 1. The van der Waals surface area contributed by atoms with E-state index in [2.05, 4.69) is 0 Å². The zero-order valence-electron chi connectivity index (χ0n) is 10.1. The Kier molecular flexibility index (Phi) is 3.71. The highest BCUT2D eigenvalue weighted by Gasteiger charge is 2.18. The summed E-state index contributed by atoms with van der Waals surface area (Å²) in [5, 5.41) is 9.00. The fourth-order valence-corrected chi connectivity index (χ4v) is 1.85. The van der Waals surface area contributed by atoms with Crippen molar-refractivity contribution in [2.75, 3.05) is 11.9 Å². The molecule has 19 heavy (non-hydrogen) atoms. The van der Waals surface area contributed by atoms with Gasteiger partial charge in [-0.1, -0.05) is 17.7 Å². The lowest BCUT2D eigenvalue weighted by molar-refractivity contribution is 0.0992. The molecule has 0 heterocycles. The molecule has 0 aliphatic carbocycles. The topological polar surface area (TPSA) is 40.5 Å². The van der Waals surface area contributed by atoms with Crippen molar-refractivity contribution in [3.05, 3.63) is 58.9 Å². The largest absolute Gasteiger partial charge is 0.508 e. The van der Waals surface area contributed by atoms with Gasteiger partial charge in [-0.15, -0.1) is 0 Å². The Bertz CT molecular complexity index is 613. The van der Waals surface area contributed by atoms with E-state index < -0.39 is 11.7 Å². The van der Waals surface area contributed by atoms with Crippen molar-refractivity contribution in [3.63, 3.8) is 0 Å². The molecule has 2 aromatic rings. The number of hydrogen-bond donors (Lipinski definition) is 1. The van der Waals surface area contributed by atoms with Crippen LogP contribution in [-0.2, 0) is 0 Å². The molecule has 0 unspecified atom stereocenters. The van der Waals surface area contributed by atoms with Crippen molar-refractivity contribution < 1.29 is 14.3 Å². The highest BCUT2D eigenvalue weighted by Crippen LogP contribution is 2.24. The fourth-order valence-electron chi connectivity index (χ4n) is 1.64. The second-order valence-corrected chi connectivity index (χ2v) is 4.36. The molecule has 1 N–H and O–H groups in total. The standard InChI is InChI=1S/C14H11ClFNO2/c1-17(9-5-7-10(18)8-6-9)14(19)11-3-2-4-12(16)13(11)15/h2-8,18H,1H3. The normalized spacial score (nSPS) is 10.3. The molecule has 0 radical (unpaired) electrons. The van der Waals surface area contributed by atoms with Crippen LogP contribution in [0, 0.1) is 5.82 Å². The van der Waals surface area contributed by atoms with Crippen molar-refractivity contribution in [2.45, 2.75) is 0 Å². The van der Waals surface area contributed by atoms with E-state index in [1.807, 2.05) is 0 Å². The summed E-state index contributed by atoms with van der Waals surface area (Å²) in [5.74, 6) is -0.949. The Morgan fingerprint density at radius 1 is 1.21 bits per heavy atom. The second-order valence-electron chi connectivity index (χ2n) is 3.98. The molecular formula is C14H11ClFNO2. The highest BCUT2D eigenvalue weighted by atomic mass is 35.5. The number of benzene rings is 2. The predicted molar refractivity (Wildman–Crippen MR) is 72.3 cm³/mol. The minimum Gasteiger partial charge on any atom is -0.508 e. The van der Waals surface area contributed by atoms with Crippen molar-refractivity contribution in [2.24, 2.45) is 0 Å². The molecule has 1 amide bonds. The third kappa shape index (κ3) is 2.69. The first kappa shape index (κ1) is 13.4. The second kappa shape index (κ2) is 5.28. The number of rotatable bonds is 2. The zero-order valence-corrected chi connectivity index (χ0v) is 10.9. The first-order valence-electron chi connectivity index (χ1n) is 5.52. The summed E-state index contributed by atoms with van der Waals surface area (Å²) in [6.45, 7) is 0. The summed E-state index contributed by atoms with van der Waals surface area (Å²) in [4.78, 5) is 13.5. The first-order valence-corrected chi connectivity index (χ1v) is 5.89. The van der Waals surface area contributed by atoms with E-state index >= 15 is 0 Å². The number of halogens is 2. The van der Waals surface area contributed by atoms with Crippen LogP contribution in [0.5, 0.6) is 5.75 Å². The van der Waals surface area contributed by atoms with Crippen LogP contribution in [0.15, 0.2) is 42.5 Å². The lowest BCUT2D eigenvalue weighted by Crippen LogP contribution is -2.26. The van der Waals surface area contributed by atoms with E-state index in [-0.39, 0.29) is 16.3 Å². The molecule has 0 aliphatic rings. The number of nitrogens with zero attached hydrogens (tertiary/aromatic N) is 1. The molecule has 0 atom stereocenters. The van der Waals surface area contributed by atoms with E-state index in [9.17, 15) is 14.3 Å². The molecule has 0 aliphatic heterocycles. The van der Waals surface area contributed by atoms with Gasteiger partial charge in [-0.25, -0.2) is 4.39 Å². The maximum atomic E-state index is 13.3. The van der Waals surface area contributed by atoms with E-state index in [0.29, 0.717) is 5.69 Å². The van der Waals surface area contributed by atoms with Crippen molar-refractivity contribution >= 4 is 23.2 Å². The quantitative estimate of drug-likeness (QED) is 0.914. The lowest BCUT2D eigenvalue weighted by Gasteiger charge is -2.18. The zero-order chi connectivity index (χ0) is 14.0. The minimum atomic E-state index is -0.633. The van der Waals surface area contributed by atoms with Gasteiger partial charge < -0.3 is 10.0 Å². The number of amides is 1. The fraction of sp³-hybridized carbons (Fsp3) is 0.0714. The lowest BCUT2D eigenvalue weighted by atomic mass is 10.2. The molecule has 0 saturated heterocycles. The third-order valence-corrected chi connectivity index (χ3v) is 3.11. The van der Waals surface area contributed by atoms with Crippen molar-refractivity contribution in [1.82, 2.24) is 0 Å². The first-order chi connectivity index (χ1) is 9.00. The van der Waals surface area contributed by atoms with Crippen LogP contribution in [0.4, 0.5) is 10.1 Å². The molecule has 2 rings (SSSR count). The molecule has 0 bridgehead atoms. The summed E-state index contributed by atoms with van der Waals surface area (Å²) in [7, 11) is 1.55. The van der Waals surface area contributed by atoms with E-state index in [0.717, 1.165) is 0 Å². The van der Waals surface area contributed by atoms with Crippen LogP contribution in [-0.4, -0.2) is 18.1 Å². The van der Waals surface area contributed by atoms with Gasteiger partial charge in [-0.3, -0.25) is 4.79 Å². The molecule has 0 aromatic heterocycles. The molecule has 5 heteroatoms. The van der Waals surface area contributed by atoms with Gasteiger partial charge in [-0.2, -0.15) is 0 Å². The molecule has 2 aromatic carbocycles. The highest BCUT2D eigenvalue weighted by molar-refractivity contribution is 6.34. The Balaban J connectivity index is 2.33. The van der Waals surface area contributed by atoms with E-state index in [4.69, 9.17) is 11.6 Å². The van der Waals surface area contributed by atoms with Crippen LogP contribution in [0.1, 0.15) is 10.4 Å². The van der Waals surface area contributed by atoms with Crippen molar-refractivity contribution in [1.29, 1.82) is 0 Å². The number of phenolic OH excluding ortho intramolecular Hbond substituents is 1. The van der Waals surface area contributed by atoms with Crippen LogP contribution in [0.25, 0.3) is 0 Å². The summed E-state index contributed by atoms with van der Waals surface area (Å²) < 4.78 is 13.3. The summed E-state index contributed by atoms with van der Waals surface area (Å²) in [6.07, 6.45) is 0. The number of phenols is 1. The summed E-state index contributed by atoms with van der Waals surface area (Å²) >= 11 is 5.78.